The van der Waals surface area contributed by atoms with E-state index in [2.05, 4.69) is 5.32 Å². The highest BCUT2D eigenvalue weighted by atomic mass is 35.5. The first-order chi connectivity index (χ1) is 8.47. The van der Waals surface area contributed by atoms with Gasteiger partial charge in [-0.1, -0.05) is 31.5 Å². The Balaban J connectivity index is 2.84. The van der Waals surface area contributed by atoms with Gasteiger partial charge in [0.1, 0.15) is 5.82 Å². The van der Waals surface area contributed by atoms with E-state index in [1.54, 1.807) is 0 Å². The molecule has 0 bridgehead atoms. The second-order valence-corrected chi connectivity index (χ2v) is 5.16. The molecule has 1 rings (SSSR count). The van der Waals surface area contributed by atoms with Crippen LogP contribution in [0.15, 0.2) is 18.2 Å². The van der Waals surface area contributed by atoms with Crippen molar-refractivity contribution in [2.75, 3.05) is 5.88 Å². The van der Waals surface area contributed by atoms with E-state index in [1.807, 2.05) is 13.8 Å². The predicted octanol–water partition coefficient (Wildman–Crippen LogP) is 3.86. The van der Waals surface area contributed by atoms with Crippen molar-refractivity contribution in [1.82, 2.24) is 5.32 Å². The Morgan fingerprint density at radius 2 is 2.11 bits per heavy atom. The lowest BCUT2D eigenvalue weighted by Crippen LogP contribution is -2.39. The summed E-state index contributed by atoms with van der Waals surface area (Å²) in [5.74, 6) is -0.258. The van der Waals surface area contributed by atoms with Gasteiger partial charge in [-0.25, -0.2) is 4.39 Å². The highest BCUT2D eigenvalue weighted by molar-refractivity contribution is 6.34. The Bertz CT molecular complexity index is 423. The molecule has 0 fully saturated rings. The second kappa shape index (κ2) is 6.95. The van der Waals surface area contributed by atoms with Crippen molar-refractivity contribution in [2.45, 2.75) is 26.3 Å². The van der Waals surface area contributed by atoms with Crippen LogP contribution in [0.5, 0.6) is 0 Å². The largest absolute Gasteiger partial charge is 0.349 e. The van der Waals surface area contributed by atoms with E-state index >= 15 is 0 Å². The number of alkyl halides is 1. The standard InChI is InChI=1S/C13H16Cl2FNO/c1-8(2)11(6-7-14)17-13(18)9-4-3-5-10(16)12(9)15/h3-5,8,11H,6-7H2,1-2H3,(H,17,18). The van der Waals surface area contributed by atoms with Crippen molar-refractivity contribution in [3.8, 4) is 0 Å². The molecule has 1 amide bonds. The van der Waals surface area contributed by atoms with E-state index in [0.29, 0.717) is 12.3 Å². The molecule has 0 aromatic heterocycles. The fraction of sp³-hybridized carbons (Fsp3) is 0.462. The third-order valence-corrected chi connectivity index (χ3v) is 3.34. The van der Waals surface area contributed by atoms with E-state index in [-0.39, 0.29) is 28.5 Å². The first-order valence-corrected chi connectivity index (χ1v) is 6.69. The third-order valence-electron chi connectivity index (χ3n) is 2.74. The maximum absolute atomic E-state index is 13.3. The molecule has 2 nitrogen and oxygen atoms in total. The van der Waals surface area contributed by atoms with Crippen molar-refractivity contribution in [1.29, 1.82) is 0 Å². The average Bonchev–Trinajstić information content (AvgIpc) is 2.31. The molecule has 1 unspecified atom stereocenters. The van der Waals surface area contributed by atoms with Gasteiger partial charge in [-0.05, 0) is 24.5 Å². The maximum Gasteiger partial charge on any atom is 0.253 e. The number of benzene rings is 1. The SMILES string of the molecule is CC(C)C(CCCl)NC(=O)c1cccc(F)c1Cl. The molecule has 1 aromatic carbocycles. The Kier molecular flexibility index (Phi) is 5.89. The topological polar surface area (TPSA) is 29.1 Å². The van der Waals surface area contributed by atoms with E-state index < -0.39 is 5.82 Å². The Morgan fingerprint density at radius 3 is 2.67 bits per heavy atom. The van der Waals surface area contributed by atoms with Gasteiger partial charge < -0.3 is 5.32 Å². The molecule has 0 aliphatic heterocycles. The lowest BCUT2D eigenvalue weighted by atomic mass is 10.0. The molecular formula is C13H16Cl2FNO. The van der Waals surface area contributed by atoms with E-state index in [9.17, 15) is 9.18 Å². The number of rotatable bonds is 5. The fourth-order valence-corrected chi connectivity index (χ4v) is 2.06. The molecular weight excluding hydrogens is 276 g/mol. The lowest BCUT2D eigenvalue weighted by molar-refractivity contribution is 0.0924. The van der Waals surface area contributed by atoms with Gasteiger partial charge in [-0.15, -0.1) is 11.6 Å². The zero-order chi connectivity index (χ0) is 13.7. The van der Waals surface area contributed by atoms with Gasteiger partial charge in [0.15, 0.2) is 0 Å². The Morgan fingerprint density at radius 1 is 1.44 bits per heavy atom. The zero-order valence-corrected chi connectivity index (χ0v) is 11.9. The molecule has 1 N–H and O–H groups in total. The predicted molar refractivity (Wildman–Crippen MR) is 72.8 cm³/mol. The highest BCUT2D eigenvalue weighted by Crippen LogP contribution is 2.20. The van der Waals surface area contributed by atoms with Gasteiger partial charge in [0.2, 0.25) is 0 Å². The summed E-state index contributed by atoms with van der Waals surface area (Å²) < 4.78 is 13.3. The number of amides is 1. The van der Waals surface area contributed by atoms with Crippen LogP contribution in [-0.2, 0) is 0 Å². The summed E-state index contributed by atoms with van der Waals surface area (Å²) in [5.41, 5.74) is 0.150. The van der Waals surface area contributed by atoms with Crippen LogP contribution in [0.1, 0.15) is 30.6 Å². The van der Waals surface area contributed by atoms with Gasteiger partial charge in [0.25, 0.3) is 5.91 Å². The summed E-state index contributed by atoms with van der Waals surface area (Å²) >= 11 is 11.5. The molecule has 18 heavy (non-hydrogen) atoms. The van der Waals surface area contributed by atoms with E-state index in [1.165, 1.54) is 18.2 Å². The first-order valence-electron chi connectivity index (χ1n) is 5.78. The van der Waals surface area contributed by atoms with Crippen molar-refractivity contribution in [3.63, 3.8) is 0 Å². The number of carbonyl (C=O) groups is 1. The monoisotopic (exact) mass is 291 g/mol. The van der Waals surface area contributed by atoms with Crippen molar-refractivity contribution in [3.05, 3.63) is 34.6 Å². The van der Waals surface area contributed by atoms with Crippen LogP contribution in [0, 0.1) is 11.7 Å². The minimum atomic E-state index is -0.595. The number of halogens is 3. The number of hydrogen-bond acceptors (Lipinski definition) is 1. The van der Waals surface area contributed by atoms with Gasteiger partial charge in [-0.3, -0.25) is 4.79 Å². The smallest absolute Gasteiger partial charge is 0.253 e. The normalized spacial score (nSPS) is 12.6. The van der Waals surface area contributed by atoms with Crippen molar-refractivity contribution < 1.29 is 9.18 Å². The average molecular weight is 292 g/mol. The van der Waals surface area contributed by atoms with Gasteiger partial charge in [0.05, 0.1) is 10.6 Å². The van der Waals surface area contributed by atoms with Crippen LogP contribution in [0.4, 0.5) is 4.39 Å². The van der Waals surface area contributed by atoms with Crippen LogP contribution < -0.4 is 5.32 Å². The molecule has 0 radical (unpaired) electrons. The van der Waals surface area contributed by atoms with Gasteiger partial charge in [0, 0.05) is 11.9 Å². The van der Waals surface area contributed by atoms with Crippen molar-refractivity contribution in [2.24, 2.45) is 5.92 Å². The quantitative estimate of drug-likeness (QED) is 0.820. The molecule has 100 valence electrons. The van der Waals surface area contributed by atoms with Crippen LogP contribution in [0.25, 0.3) is 0 Å². The number of carbonyl (C=O) groups excluding carboxylic acids is 1. The second-order valence-electron chi connectivity index (χ2n) is 4.40. The lowest BCUT2D eigenvalue weighted by Gasteiger charge is -2.21. The van der Waals surface area contributed by atoms with Crippen LogP contribution in [0.3, 0.4) is 0 Å². The molecule has 0 aliphatic carbocycles. The summed E-state index contributed by atoms with van der Waals surface area (Å²) in [4.78, 5) is 12.0. The van der Waals surface area contributed by atoms with Gasteiger partial charge >= 0.3 is 0 Å². The minimum absolute atomic E-state index is 0.0469. The molecule has 1 aromatic rings. The van der Waals surface area contributed by atoms with E-state index in [4.69, 9.17) is 23.2 Å². The van der Waals surface area contributed by atoms with Crippen LogP contribution >= 0.6 is 23.2 Å². The van der Waals surface area contributed by atoms with E-state index in [0.717, 1.165) is 0 Å². The molecule has 0 heterocycles. The summed E-state index contributed by atoms with van der Waals surface area (Å²) in [6, 6.07) is 4.13. The summed E-state index contributed by atoms with van der Waals surface area (Å²) in [7, 11) is 0. The number of nitrogens with one attached hydrogen (secondary N) is 1. The van der Waals surface area contributed by atoms with Crippen molar-refractivity contribution >= 4 is 29.1 Å². The number of hydrogen-bond donors (Lipinski definition) is 1. The molecule has 1 atom stereocenters. The van der Waals surface area contributed by atoms with Gasteiger partial charge in [-0.2, -0.15) is 0 Å². The summed E-state index contributed by atoms with van der Waals surface area (Å²) in [6.45, 7) is 3.98. The molecule has 0 saturated carbocycles. The maximum atomic E-state index is 13.3. The molecule has 0 saturated heterocycles. The summed E-state index contributed by atoms with van der Waals surface area (Å²) in [5, 5.41) is 2.68. The first kappa shape index (κ1) is 15.3. The van der Waals surface area contributed by atoms with Crippen LogP contribution in [-0.4, -0.2) is 17.8 Å². The summed E-state index contributed by atoms with van der Waals surface area (Å²) in [6.07, 6.45) is 0.665. The molecule has 5 heteroatoms. The zero-order valence-electron chi connectivity index (χ0n) is 10.3. The Hall–Kier alpha value is -0.800. The molecule has 0 aliphatic rings. The Labute approximate surface area is 116 Å². The minimum Gasteiger partial charge on any atom is -0.349 e. The highest BCUT2D eigenvalue weighted by Gasteiger charge is 2.19. The third kappa shape index (κ3) is 3.85. The van der Waals surface area contributed by atoms with Crippen LogP contribution in [0.2, 0.25) is 5.02 Å². The fourth-order valence-electron chi connectivity index (χ4n) is 1.62. The molecule has 0 spiro atoms.